The summed E-state index contributed by atoms with van der Waals surface area (Å²) >= 11 is 0. The number of rotatable bonds is 8. The van der Waals surface area contributed by atoms with E-state index in [0.29, 0.717) is 13.2 Å². The minimum atomic E-state index is -0.881. The maximum atomic E-state index is 9.54. The molecule has 1 unspecified atom stereocenters. The summed E-state index contributed by atoms with van der Waals surface area (Å²) in [6, 6.07) is 19.0. The topological polar surface area (TPSA) is 64.7 Å². The van der Waals surface area contributed by atoms with Gasteiger partial charge in [-0.25, -0.2) is 0 Å². The molecular weight excluding hydrogens is 266 g/mol. The molecule has 21 heavy (non-hydrogen) atoms. The molecule has 2 rings (SSSR count). The number of nitrogens with two attached hydrogens (primary N) is 1. The van der Waals surface area contributed by atoms with Gasteiger partial charge < -0.3 is 20.3 Å². The largest absolute Gasteiger partial charge is 0.491 e. The van der Waals surface area contributed by atoms with Crippen LogP contribution < -0.4 is 10.5 Å². The van der Waals surface area contributed by atoms with Gasteiger partial charge in [0, 0.05) is 0 Å². The van der Waals surface area contributed by atoms with Gasteiger partial charge in [0.2, 0.25) is 0 Å². The van der Waals surface area contributed by atoms with Crippen molar-refractivity contribution in [1.29, 1.82) is 0 Å². The first-order chi connectivity index (χ1) is 10.2. The average Bonchev–Trinajstić information content (AvgIpc) is 2.56. The number of ether oxygens (including phenoxy) is 2. The molecule has 0 bridgehead atoms. The van der Waals surface area contributed by atoms with Gasteiger partial charge in [0.1, 0.15) is 12.4 Å². The van der Waals surface area contributed by atoms with E-state index in [9.17, 15) is 5.11 Å². The zero-order valence-corrected chi connectivity index (χ0v) is 11.9. The molecule has 4 heteroatoms. The smallest absolute Gasteiger partial charge is 0.119 e. The third kappa shape index (κ3) is 4.56. The first-order valence-corrected chi connectivity index (χ1v) is 6.95. The van der Waals surface area contributed by atoms with Gasteiger partial charge in [-0.3, -0.25) is 0 Å². The molecule has 2 aromatic rings. The van der Waals surface area contributed by atoms with Gasteiger partial charge in [0.15, 0.2) is 0 Å². The van der Waals surface area contributed by atoms with Crippen LogP contribution in [0.3, 0.4) is 0 Å². The Morgan fingerprint density at radius 1 is 0.905 bits per heavy atom. The molecular formula is C17H21NO3. The lowest BCUT2D eigenvalue weighted by molar-refractivity contribution is 0.0387. The van der Waals surface area contributed by atoms with Crippen LogP contribution in [-0.4, -0.2) is 31.5 Å². The fraction of sp³-hybridized carbons (Fsp3) is 0.294. The predicted octanol–water partition coefficient (Wildman–Crippen LogP) is 1.93. The van der Waals surface area contributed by atoms with Crippen LogP contribution in [0.25, 0.3) is 0 Å². The summed E-state index contributed by atoms with van der Waals surface area (Å²) in [5.74, 6) is 0.810. The second kappa shape index (κ2) is 7.78. The molecule has 112 valence electrons. The van der Waals surface area contributed by atoms with E-state index in [4.69, 9.17) is 15.2 Å². The highest BCUT2D eigenvalue weighted by molar-refractivity contribution is 5.24. The maximum absolute atomic E-state index is 9.54. The molecule has 0 saturated carbocycles. The van der Waals surface area contributed by atoms with E-state index in [2.05, 4.69) is 0 Å². The molecule has 1 atom stereocenters. The molecule has 0 aliphatic carbocycles. The normalized spacial score (nSPS) is 13.6. The van der Waals surface area contributed by atoms with Crippen LogP contribution in [-0.2, 0) is 10.3 Å². The van der Waals surface area contributed by atoms with E-state index in [0.717, 1.165) is 11.3 Å². The van der Waals surface area contributed by atoms with Crippen molar-refractivity contribution in [2.24, 2.45) is 5.73 Å². The number of aliphatic hydroxyl groups is 1. The summed E-state index contributed by atoms with van der Waals surface area (Å²) in [5, 5.41) is 9.54. The quantitative estimate of drug-likeness (QED) is 0.728. The molecule has 0 saturated heterocycles. The van der Waals surface area contributed by atoms with Crippen LogP contribution in [0.15, 0.2) is 60.7 Å². The number of aliphatic hydroxyl groups excluding tert-OH is 1. The Hall–Kier alpha value is -1.88. The van der Waals surface area contributed by atoms with E-state index in [1.807, 2.05) is 60.7 Å². The third-order valence-electron chi connectivity index (χ3n) is 3.23. The van der Waals surface area contributed by atoms with Gasteiger partial charge in [0.05, 0.1) is 25.4 Å². The number of benzene rings is 2. The highest BCUT2D eigenvalue weighted by Gasteiger charge is 2.26. The predicted molar refractivity (Wildman–Crippen MR) is 82.1 cm³/mol. The van der Waals surface area contributed by atoms with Crippen LogP contribution in [0.2, 0.25) is 0 Å². The Bertz CT molecular complexity index is 518. The minimum absolute atomic E-state index is 0.170. The zero-order valence-electron chi connectivity index (χ0n) is 11.9. The summed E-state index contributed by atoms with van der Waals surface area (Å²) in [6.45, 7) is 0.934. The molecule has 2 aromatic carbocycles. The molecule has 0 aromatic heterocycles. The molecule has 0 spiro atoms. The van der Waals surface area contributed by atoms with Gasteiger partial charge in [-0.15, -0.1) is 0 Å². The van der Waals surface area contributed by atoms with Gasteiger partial charge >= 0.3 is 0 Å². The van der Waals surface area contributed by atoms with Crippen molar-refractivity contribution in [3.8, 4) is 5.75 Å². The van der Waals surface area contributed by atoms with E-state index >= 15 is 0 Å². The summed E-state index contributed by atoms with van der Waals surface area (Å²) in [7, 11) is 0. The Morgan fingerprint density at radius 2 is 1.52 bits per heavy atom. The van der Waals surface area contributed by atoms with Crippen molar-refractivity contribution in [2.45, 2.75) is 5.54 Å². The lowest BCUT2D eigenvalue weighted by Gasteiger charge is -2.27. The van der Waals surface area contributed by atoms with Gasteiger partial charge in [-0.05, 0) is 17.7 Å². The molecule has 0 radical (unpaired) electrons. The highest BCUT2D eigenvalue weighted by Crippen LogP contribution is 2.17. The van der Waals surface area contributed by atoms with E-state index in [-0.39, 0.29) is 13.2 Å². The lowest BCUT2D eigenvalue weighted by atomic mass is 9.93. The van der Waals surface area contributed by atoms with Crippen LogP contribution in [0.1, 0.15) is 5.56 Å². The van der Waals surface area contributed by atoms with Gasteiger partial charge in [0.25, 0.3) is 0 Å². The molecule has 0 aliphatic rings. The van der Waals surface area contributed by atoms with Crippen molar-refractivity contribution < 1.29 is 14.6 Å². The summed E-state index contributed by atoms with van der Waals surface area (Å²) in [5.41, 5.74) is 6.17. The van der Waals surface area contributed by atoms with Crippen LogP contribution >= 0.6 is 0 Å². The molecule has 0 amide bonds. The standard InChI is InChI=1S/C17H21NO3/c18-17(13-19,15-7-3-1-4-8-15)14-20-11-12-21-16-9-5-2-6-10-16/h1-10,19H,11-14,18H2. The van der Waals surface area contributed by atoms with E-state index in [1.165, 1.54) is 0 Å². The third-order valence-corrected chi connectivity index (χ3v) is 3.23. The summed E-state index contributed by atoms with van der Waals surface area (Å²) < 4.78 is 11.1. The molecule has 4 nitrogen and oxygen atoms in total. The van der Waals surface area contributed by atoms with Crippen molar-refractivity contribution in [3.63, 3.8) is 0 Å². The Labute approximate surface area is 125 Å². The maximum Gasteiger partial charge on any atom is 0.119 e. The molecule has 0 aliphatic heterocycles. The van der Waals surface area contributed by atoms with Crippen molar-refractivity contribution in [2.75, 3.05) is 26.4 Å². The molecule has 3 N–H and O–H groups in total. The van der Waals surface area contributed by atoms with Crippen LogP contribution in [0.4, 0.5) is 0 Å². The molecule has 0 heterocycles. The molecule has 0 fully saturated rings. The van der Waals surface area contributed by atoms with Crippen molar-refractivity contribution in [1.82, 2.24) is 0 Å². The fourth-order valence-corrected chi connectivity index (χ4v) is 1.98. The second-order valence-corrected chi connectivity index (χ2v) is 4.89. The zero-order chi connectivity index (χ0) is 15.0. The van der Waals surface area contributed by atoms with Crippen molar-refractivity contribution in [3.05, 3.63) is 66.2 Å². The number of hydrogen-bond donors (Lipinski definition) is 2. The first-order valence-electron chi connectivity index (χ1n) is 6.95. The fourth-order valence-electron chi connectivity index (χ4n) is 1.98. The average molecular weight is 287 g/mol. The van der Waals surface area contributed by atoms with Gasteiger partial charge in [-0.1, -0.05) is 48.5 Å². The lowest BCUT2D eigenvalue weighted by Crippen LogP contribution is -2.45. The number of para-hydroxylation sites is 1. The van der Waals surface area contributed by atoms with Crippen molar-refractivity contribution >= 4 is 0 Å². The minimum Gasteiger partial charge on any atom is -0.491 e. The number of hydrogen-bond acceptors (Lipinski definition) is 4. The van der Waals surface area contributed by atoms with Crippen LogP contribution in [0, 0.1) is 0 Å². The second-order valence-electron chi connectivity index (χ2n) is 4.89. The van der Waals surface area contributed by atoms with Gasteiger partial charge in [-0.2, -0.15) is 0 Å². The summed E-state index contributed by atoms with van der Waals surface area (Å²) in [6.07, 6.45) is 0. The van der Waals surface area contributed by atoms with Crippen LogP contribution in [0.5, 0.6) is 5.75 Å². The van der Waals surface area contributed by atoms with E-state index < -0.39 is 5.54 Å². The van der Waals surface area contributed by atoms with E-state index in [1.54, 1.807) is 0 Å². The SMILES string of the molecule is NC(CO)(COCCOc1ccccc1)c1ccccc1. The highest BCUT2D eigenvalue weighted by atomic mass is 16.5. The monoisotopic (exact) mass is 287 g/mol. The Morgan fingerprint density at radius 3 is 2.14 bits per heavy atom. The first kappa shape index (κ1) is 15.5. The Balaban J connectivity index is 1.76. The Kier molecular flexibility index (Phi) is 5.75. The summed E-state index contributed by atoms with van der Waals surface area (Å²) in [4.78, 5) is 0.